The van der Waals surface area contributed by atoms with E-state index in [4.69, 9.17) is 0 Å². The lowest BCUT2D eigenvalue weighted by atomic mass is 10.6. The zero-order valence-corrected chi connectivity index (χ0v) is 18.8. The third-order valence-electron chi connectivity index (χ3n) is 3.45. The van der Waals surface area contributed by atoms with E-state index >= 15 is 0 Å². The van der Waals surface area contributed by atoms with E-state index in [-0.39, 0.29) is 74.4 Å². The Balaban J connectivity index is -0.0000000540. The molecule has 2 fully saturated rings. The maximum atomic E-state index is 2.40. The zero-order valence-electron chi connectivity index (χ0n) is 14.2. The highest BCUT2D eigenvalue weighted by molar-refractivity contribution is 4.24. The quantitative estimate of drug-likeness (QED) is 0.200. The van der Waals surface area contributed by atoms with E-state index in [1.54, 1.807) is 0 Å². The minimum atomic E-state index is 0. The van der Waals surface area contributed by atoms with E-state index < -0.39 is 0 Å². The van der Waals surface area contributed by atoms with E-state index in [1.807, 2.05) is 0 Å². The van der Waals surface area contributed by atoms with Crippen LogP contribution in [0.3, 0.4) is 0 Å². The molecule has 12 heteroatoms. The van der Waals surface area contributed by atoms with Crippen molar-refractivity contribution in [2.24, 2.45) is 0 Å². The maximum absolute atomic E-state index is 2.40. The molecule has 6 nitrogen and oxygen atoms in total. The molecule has 0 radical (unpaired) electrons. The molecule has 24 heavy (non-hydrogen) atoms. The summed E-state index contributed by atoms with van der Waals surface area (Å²) in [5.41, 5.74) is 0. The molecular weight excluding hydrogens is 441 g/mol. The molecule has 0 amide bonds. The second-order valence-electron chi connectivity index (χ2n) is 5.20. The number of hydrogen-bond donors (Lipinski definition) is 6. The van der Waals surface area contributed by atoms with E-state index in [1.165, 1.54) is 78.5 Å². The van der Waals surface area contributed by atoms with Crippen LogP contribution in [0.5, 0.6) is 0 Å². The molecule has 12 N–H and O–H groups in total. The van der Waals surface area contributed by atoms with Gasteiger partial charge in [0, 0.05) is 0 Å². The first-order chi connectivity index (χ1) is 9.00. The molecule has 0 unspecified atom stereocenters. The average Bonchev–Trinajstić information content (AvgIpc) is 2.65. The van der Waals surface area contributed by atoms with E-state index in [9.17, 15) is 0 Å². The highest BCUT2D eigenvalue weighted by atomic mass is 35.5. The van der Waals surface area contributed by atoms with Crippen molar-refractivity contribution in [3.8, 4) is 0 Å². The Labute approximate surface area is 184 Å². The fourth-order valence-electron chi connectivity index (χ4n) is 2.28. The summed E-state index contributed by atoms with van der Waals surface area (Å²) < 4.78 is 0. The van der Waals surface area contributed by atoms with Crippen molar-refractivity contribution in [3.05, 3.63) is 0 Å². The van der Waals surface area contributed by atoms with Gasteiger partial charge in [-0.3, -0.25) is 0 Å². The Hall–Kier alpha value is 1.50. The zero-order chi connectivity index (χ0) is 12.7. The van der Waals surface area contributed by atoms with E-state index in [2.05, 4.69) is 31.9 Å². The SMILES string of the molecule is C1C[NH2+]CC[NH2+]CC[NH2+]1.C1C[NH2+]CC[NH2+]CC[NH2+]1.[Cl-].[Cl-].[Cl-].[Cl-].[Cl-].[Cl-]. The highest BCUT2D eigenvalue weighted by Crippen LogP contribution is 1.41. The predicted octanol–water partition coefficient (Wildman–Crippen LogP) is -26.6. The molecule has 2 heterocycles. The van der Waals surface area contributed by atoms with Crippen LogP contribution in [-0.4, -0.2) is 78.5 Å². The van der Waals surface area contributed by atoms with Crippen LogP contribution in [0, 0.1) is 0 Å². The lowest BCUT2D eigenvalue weighted by Gasteiger charge is -1.93. The van der Waals surface area contributed by atoms with Crippen molar-refractivity contribution < 1.29 is 106 Å². The highest BCUT2D eigenvalue weighted by Gasteiger charge is 2.00. The van der Waals surface area contributed by atoms with Crippen molar-refractivity contribution in [3.63, 3.8) is 0 Å². The lowest BCUT2D eigenvalue weighted by Crippen LogP contribution is -3.00. The summed E-state index contributed by atoms with van der Waals surface area (Å²) in [6.07, 6.45) is 0. The fraction of sp³-hybridized carbons (Fsp3) is 1.00. The van der Waals surface area contributed by atoms with E-state index in [0.717, 1.165) is 0 Å². The Morgan fingerprint density at radius 2 is 0.292 bits per heavy atom. The summed E-state index contributed by atoms with van der Waals surface area (Å²) in [4.78, 5) is 0. The van der Waals surface area contributed by atoms with Gasteiger partial charge < -0.3 is 106 Å². The average molecular weight is 477 g/mol. The first kappa shape index (κ1) is 40.3. The lowest BCUT2D eigenvalue weighted by molar-refractivity contribution is -0.718. The van der Waals surface area contributed by atoms with Crippen molar-refractivity contribution >= 4 is 0 Å². The van der Waals surface area contributed by atoms with Gasteiger partial charge in [-0.15, -0.1) is 0 Å². The number of nitrogens with two attached hydrogens (primary N) is 6. The molecule has 0 spiro atoms. The third kappa shape index (κ3) is 31.3. The summed E-state index contributed by atoms with van der Waals surface area (Å²) >= 11 is 0. The molecule has 2 saturated heterocycles. The fourth-order valence-corrected chi connectivity index (χ4v) is 2.28. The number of quaternary nitrogens is 6. The Kier molecular flexibility index (Phi) is 59.7. The monoisotopic (exact) mass is 474 g/mol. The van der Waals surface area contributed by atoms with Crippen LogP contribution in [0.2, 0.25) is 0 Å². The van der Waals surface area contributed by atoms with Crippen LogP contribution in [0.25, 0.3) is 0 Å². The second-order valence-corrected chi connectivity index (χ2v) is 5.20. The third-order valence-corrected chi connectivity index (χ3v) is 3.45. The number of halogens is 6. The van der Waals surface area contributed by atoms with Gasteiger partial charge in [0.15, 0.2) is 0 Å². The molecule has 0 aromatic rings. The van der Waals surface area contributed by atoms with Gasteiger partial charge in [-0.2, -0.15) is 0 Å². The molecule has 2 aliphatic heterocycles. The molecule has 0 bridgehead atoms. The largest absolute Gasteiger partial charge is 1.00 e. The van der Waals surface area contributed by atoms with Crippen LogP contribution in [0.1, 0.15) is 0 Å². The maximum Gasteiger partial charge on any atom is 0.125 e. The van der Waals surface area contributed by atoms with Crippen molar-refractivity contribution in [2.45, 2.75) is 0 Å². The predicted molar refractivity (Wildman–Crippen MR) is 70.0 cm³/mol. The van der Waals surface area contributed by atoms with Crippen molar-refractivity contribution in [2.75, 3.05) is 78.5 Å². The van der Waals surface area contributed by atoms with Crippen LogP contribution < -0.4 is 106 Å². The van der Waals surface area contributed by atoms with Crippen LogP contribution in [0.15, 0.2) is 0 Å². The molecule has 2 rings (SSSR count). The van der Waals surface area contributed by atoms with Crippen molar-refractivity contribution in [1.29, 1.82) is 0 Å². The van der Waals surface area contributed by atoms with Crippen molar-refractivity contribution in [1.82, 2.24) is 0 Å². The molecule has 0 atom stereocenters. The summed E-state index contributed by atoms with van der Waals surface area (Å²) in [7, 11) is 0. The van der Waals surface area contributed by atoms with Gasteiger partial charge in [-0.1, -0.05) is 0 Å². The summed E-state index contributed by atoms with van der Waals surface area (Å²) in [5.74, 6) is 0. The number of rotatable bonds is 0. The Bertz CT molecular complexity index is 111. The first-order valence-electron chi connectivity index (χ1n) is 7.90. The van der Waals surface area contributed by atoms with Gasteiger partial charge in [0.25, 0.3) is 0 Å². The Morgan fingerprint density at radius 3 is 0.375 bits per heavy atom. The van der Waals surface area contributed by atoms with E-state index in [0.29, 0.717) is 0 Å². The van der Waals surface area contributed by atoms with Gasteiger partial charge >= 0.3 is 0 Å². The summed E-state index contributed by atoms with van der Waals surface area (Å²) in [6.45, 7) is 15.6. The summed E-state index contributed by atoms with van der Waals surface area (Å²) in [6, 6.07) is 0. The van der Waals surface area contributed by atoms with Gasteiger partial charge in [-0.25, -0.2) is 0 Å². The molecule has 0 aliphatic carbocycles. The van der Waals surface area contributed by atoms with Gasteiger partial charge in [0.2, 0.25) is 0 Å². The van der Waals surface area contributed by atoms with Crippen LogP contribution in [-0.2, 0) is 0 Å². The number of hydrogen-bond acceptors (Lipinski definition) is 0. The first-order valence-corrected chi connectivity index (χ1v) is 7.90. The van der Waals surface area contributed by atoms with Gasteiger partial charge in [0.1, 0.15) is 78.5 Å². The molecule has 0 aromatic heterocycles. The molecule has 2 aliphatic rings. The second kappa shape index (κ2) is 35.6. The van der Waals surface area contributed by atoms with Gasteiger partial charge in [0.05, 0.1) is 0 Å². The molecule has 156 valence electrons. The molecular formula is C12H36Cl6N6. The van der Waals surface area contributed by atoms with Crippen LogP contribution >= 0.6 is 0 Å². The van der Waals surface area contributed by atoms with Crippen LogP contribution in [0.4, 0.5) is 0 Å². The molecule has 0 aromatic carbocycles. The molecule has 0 saturated carbocycles. The smallest absolute Gasteiger partial charge is 0.125 e. The topological polar surface area (TPSA) is 99.7 Å². The standard InChI is InChI=1S/2C6H15N3.6ClH/c2*1-2-8-5-6-9-4-3-7-1;;;;;;/h2*7-9H,1-6H2;6*1H. The minimum absolute atomic E-state index is 0. The summed E-state index contributed by atoms with van der Waals surface area (Å²) in [5, 5.41) is 14.4. The normalized spacial score (nSPS) is 18.0. The minimum Gasteiger partial charge on any atom is -1.00 e. The van der Waals surface area contributed by atoms with Gasteiger partial charge in [-0.05, 0) is 0 Å². The Morgan fingerprint density at radius 1 is 0.208 bits per heavy atom.